The lowest BCUT2D eigenvalue weighted by atomic mass is 10.2. The van der Waals surface area contributed by atoms with Crippen LogP contribution in [-0.2, 0) is 9.59 Å². The Bertz CT molecular complexity index is 280. The second kappa shape index (κ2) is 6.62. The van der Waals surface area contributed by atoms with Crippen molar-refractivity contribution in [1.29, 1.82) is 0 Å². The van der Waals surface area contributed by atoms with Crippen molar-refractivity contribution >= 4 is 18.0 Å². The van der Waals surface area contributed by atoms with E-state index in [1.54, 1.807) is 0 Å². The summed E-state index contributed by atoms with van der Waals surface area (Å²) in [5, 5.41) is 27.6. The van der Waals surface area contributed by atoms with Crippen LogP contribution in [-0.4, -0.2) is 64.4 Å². The van der Waals surface area contributed by atoms with Crippen molar-refractivity contribution in [3.63, 3.8) is 0 Å². The number of carboxylic acids is 2. The minimum atomic E-state index is -1.48. The van der Waals surface area contributed by atoms with Gasteiger partial charge in [0.25, 0.3) is 0 Å². The topological polar surface area (TPSA) is 127 Å². The lowest BCUT2D eigenvalue weighted by Gasteiger charge is -2.19. The van der Waals surface area contributed by atoms with Gasteiger partial charge in [0, 0.05) is 13.6 Å². The zero-order valence-electron chi connectivity index (χ0n) is 8.71. The first-order chi connectivity index (χ1) is 7.38. The van der Waals surface area contributed by atoms with Crippen molar-refractivity contribution in [2.24, 2.45) is 0 Å². The number of nitrogens with zero attached hydrogens (tertiary/aromatic N) is 1. The van der Waals surface area contributed by atoms with E-state index in [1.807, 2.05) is 5.32 Å². The van der Waals surface area contributed by atoms with E-state index in [-0.39, 0.29) is 13.2 Å². The summed E-state index contributed by atoms with van der Waals surface area (Å²) in [6.07, 6.45) is -0.700. The molecule has 0 aromatic carbocycles. The zero-order valence-corrected chi connectivity index (χ0v) is 8.71. The number of aliphatic hydroxyl groups is 1. The van der Waals surface area contributed by atoms with Gasteiger partial charge in [-0.25, -0.2) is 9.59 Å². The predicted octanol–water partition coefficient (Wildman–Crippen LogP) is -1.45. The van der Waals surface area contributed by atoms with Crippen LogP contribution in [0.5, 0.6) is 0 Å². The highest BCUT2D eigenvalue weighted by Crippen LogP contribution is 1.95. The Hall–Kier alpha value is -1.83. The summed E-state index contributed by atoms with van der Waals surface area (Å²) < 4.78 is 0. The molecule has 0 saturated carbocycles. The summed E-state index contributed by atoms with van der Waals surface area (Å²) in [4.78, 5) is 33.3. The second-order valence-corrected chi connectivity index (χ2v) is 3.08. The number of hydrogen-bond donors (Lipinski definition) is 4. The Labute approximate surface area is 91.5 Å². The Morgan fingerprint density at radius 3 is 2.25 bits per heavy atom. The Morgan fingerprint density at radius 2 is 1.88 bits per heavy atom. The lowest BCUT2D eigenvalue weighted by Crippen LogP contribution is -2.48. The molecule has 0 aromatic rings. The van der Waals surface area contributed by atoms with Crippen LogP contribution in [0.2, 0.25) is 0 Å². The highest BCUT2D eigenvalue weighted by atomic mass is 16.4. The van der Waals surface area contributed by atoms with Crippen molar-refractivity contribution in [2.45, 2.75) is 12.5 Å². The average Bonchev–Trinajstić information content (AvgIpc) is 2.16. The zero-order chi connectivity index (χ0) is 12.7. The first-order valence-electron chi connectivity index (χ1n) is 4.45. The molecule has 0 aliphatic heterocycles. The molecule has 0 radical (unpaired) electrons. The largest absolute Gasteiger partial charge is 0.481 e. The maximum absolute atomic E-state index is 11.3. The number of amides is 2. The van der Waals surface area contributed by atoms with Crippen molar-refractivity contribution in [2.75, 3.05) is 20.2 Å². The Morgan fingerprint density at radius 1 is 1.31 bits per heavy atom. The molecule has 16 heavy (non-hydrogen) atoms. The maximum Gasteiger partial charge on any atom is 0.326 e. The van der Waals surface area contributed by atoms with Gasteiger partial charge in [0.15, 0.2) is 0 Å². The summed E-state index contributed by atoms with van der Waals surface area (Å²) >= 11 is 0. The molecule has 0 rings (SSSR count). The van der Waals surface area contributed by atoms with E-state index in [2.05, 4.69) is 0 Å². The molecule has 0 heterocycles. The van der Waals surface area contributed by atoms with E-state index < -0.39 is 30.4 Å². The molecule has 0 aliphatic carbocycles. The summed E-state index contributed by atoms with van der Waals surface area (Å²) in [6.45, 7) is -0.230. The van der Waals surface area contributed by atoms with Gasteiger partial charge in [-0.3, -0.25) is 4.79 Å². The van der Waals surface area contributed by atoms with Crippen LogP contribution in [0.25, 0.3) is 0 Å². The SMILES string of the molecule is CN(CCO)C(=O)N[C@@H](CC(=O)O)C(=O)O. The van der Waals surface area contributed by atoms with Crippen molar-refractivity contribution < 1.29 is 29.7 Å². The van der Waals surface area contributed by atoms with E-state index in [9.17, 15) is 14.4 Å². The molecular formula is C8H14N2O6. The number of aliphatic hydroxyl groups excluding tert-OH is 1. The monoisotopic (exact) mass is 234 g/mol. The number of urea groups is 1. The third-order valence-corrected chi connectivity index (χ3v) is 1.76. The Balaban J connectivity index is 4.34. The molecule has 8 heteroatoms. The fourth-order valence-electron chi connectivity index (χ4n) is 0.885. The summed E-state index contributed by atoms with van der Waals surface area (Å²) in [5.74, 6) is -2.74. The molecule has 0 fully saturated rings. The molecule has 0 aromatic heterocycles. The van der Waals surface area contributed by atoms with Crippen LogP contribution < -0.4 is 5.32 Å². The number of carbonyl (C=O) groups is 3. The van der Waals surface area contributed by atoms with Crippen LogP contribution in [0, 0.1) is 0 Å². The van der Waals surface area contributed by atoms with E-state index in [0.29, 0.717) is 0 Å². The number of aliphatic carboxylic acids is 2. The van der Waals surface area contributed by atoms with Gasteiger partial charge in [-0.05, 0) is 0 Å². The third-order valence-electron chi connectivity index (χ3n) is 1.76. The number of hydrogen-bond acceptors (Lipinski definition) is 4. The van der Waals surface area contributed by atoms with Gasteiger partial charge in [-0.1, -0.05) is 0 Å². The van der Waals surface area contributed by atoms with Crippen LogP contribution in [0.4, 0.5) is 4.79 Å². The molecule has 4 N–H and O–H groups in total. The highest BCUT2D eigenvalue weighted by Gasteiger charge is 2.24. The number of nitrogens with one attached hydrogen (secondary N) is 1. The molecule has 0 bridgehead atoms. The minimum absolute atomic E-state index is 0.0330. The van der Waals surface area contributed by atoms with E-state index in [1.165, 1.54) is 7.05 Å². The van der Waals surface area contributed by atoms with Gasteiger partial charge < -0.3 is 25.5 Å². The van der Waals surface area contributed by atoms with Crippen LogP contribution in [0.1, 0.15) is 6.42 Å². The quantitative estimate of drug-likeness (QED) is 0.445. The Kier molecular flexibility index (Phi) is 5.86. The molecular weight excluding hydrogens is 220 g/mol. The normalized spacial score (nSPS) is 11.6. The summed E-state index contributed by atoms with van der Waals surface area (Å²) in [5.41, 5.74) is 0. The third kappa shape index (κ3) is 5.15. The van der Waals surface area contributed by atoms with E-state index in [4.69, 9.17) is 15.3 Å². The number of carbonyl (C=O) groups excluding carboxylic acids is 1. The molecule has 0 spiro atoms. The second-order valence-electron chi connectivity index (χ2n) is 3.08. The fraction of sp³-hybridized carbons (Fsp3) is 0.625. The van der Waals surface area contributed by atoms with Crippen LogP contribution in [0.3, 0.4) is 0 Å². The maximum atomic E-state index is 11.3. The average molecular weight is 234 g/mol. The number of carboxylic acid groups (broad SMARTS) is 2. The van der Waals surface area contributed by atoms with Gasteiger partial charge in [0.1, 0.15) is 6.04 Å². The van der Waals surface area contributed by atoms with Gasteiger partial charge in [-0.15, -0.1) is 0 Å². The lowest BCUT2D eigenvalue weighted by molar-refractivity contribution is -0.145. The molecule has 1 atom stereocenters. The molecule has 0 saturated heterocycles. The number of likely N-dealkylation sites (N-methyl/N-ethyl adjacent to an activating group) is 1. The highest BCUT2D eigenvalue weighted by molar-refractivity contribution is 5.86. The standard InChI is InChI=1S/C8H14N2O6/c1-10(2-3-11)8(16)9-5(7(14)15)4-6(12)13/h5,11H,2-4H2,1H3,(H,9,16)(H,12,13)(H,14,15)/t5-/m0/s1. The fourth-order valence-corrected chi connectivity index (χ4v) is 0.885. The number of rotatable bonds is 6. The predicted molar refractivity (Wildman–Crippen MR) is 51.9 cm³/mol. The van der Waals surface area contributed by atoms with Crippen molar-refractivity contribution in [3.05, 3.63) is 0 Å². The van der Waals surface area contributed by atoms with Crippen molar-refractivity contribution in [3.8, 4) is 0 Å². The van der Waals surface area contributed by atoms with Crippen LogP contribution >= 0.6 is 0 Å². The van der Waals surface area contributed by atoms with Crippen LogP contribution in [0.15, 0.2) is 0 Å². The van der Waals surface area contributed by atoms with E-state index >= 15 is 0 Å². The molecule has 92 valence electrons. The minimum Gasteiger partial charge on any atom is -0.481 e. The molecule has 0 aliphatic rings. The first kappa shape index (κ1) is 14.2. The molecule has 8 nitrogen and oxygen atoms in total. The summed E-state index contributed by atoms with van der Waals surface area (Å²) in [6, 6.07) is -2.23. The van der Waals surface area contributed by atoms with Gasteiger partial charge in [0.05, 0.1) is 13.0 Å². The van der Waals surface area contributed by atoms with Gasteiger partial charge >= 0.3 is 18.0 Å². The molecule has 2 amide bonds. The van der Waals surface area contributed by atoms with Gasteiger partial charge in [0.2, 0.25) is 0 Å². The van der Waals surface area contributed by atoms with Crippen molar-refractivity contribution in [1.82, 2.24) is 10.2 Å². The van der Waals surface area contributed by atoms with E-state index in [0.717, 1.165) is 4.90 Å². The first-order valence-corrected chi connectivity index (χ1v) is 4.45. The molecule has 0 unspecified atom stereocenters. The van der Waals surface area contributed by atoms with Gasteiger partial charge in [-0.2, -0.15) is 0 Å². The summed E-state index contributed by atoms with van der Waals surface area (Å²) in [7, 11) is 1.35. The smallest absolute Gasteiger partial charge is 0.326 e.